The Morgan fingerprint density at radius 1 is 1.45 bits per heavy atom. The van der Waals surface area contributed by atoms with Crippen molar-refractivity contribution in [2.24, 2.45) is 5.92 Å². The zero-order valence-corrected chi connectivity index (χ0v) is 12.8. The smallest absolute Gasteiger partial charge is 0.246 e. The summed E-state index contributed by atoms with van der Waals surface area (Å²) >= 11 is 6.43. The van der Waals surface area contributed by atoms with Crippen LogP contribution in [0.3, 0.4) is 0 Å². The number of carbonyl (C=O) groups is 1. The Labute approximate surface area is 124 Å². The summed E-state index contributed by atoms with van der Waals surface area (Å²) < 4.78 is 0. The zero-order chi connectivity index (χ0) is 14.4. The van der Waals surface area contributed by atoms with Crippen molar-refractivity contribution in [1.29, 1.82) is 0 Å². The number of nitrogens with one attached hydrogen (secondary N) is 2. The van der Waals surface area contributed by atoms with Crippen LogP contribution < -0.4 is 15.5 Å². The Morgan fingerprint density at radius 2 is 2.15 bits per heavy atom. The SMILES string of the molecule is CNC1C(=O)Nc2cc(N(C)C(C)C3CC3)c(Cl)cc21. The number of amides is 1. The van der Waals surface area contributed by atoms with Crippen molar-refractivity contribution < 1.29 is 4.79 Å². The first-order valence-corrected chi connectivity index (χ1v) is 7.45. The number of halogens is 1. The van der Waals surface area contributed by atoms with Gasteiger partial charge in [-0.15, -0.1) is 0 Å². The maximum atomic E-state index is 11.9. The molecular formula is C15H20ClN3O. The highest BCUT2D eigenvalue weighted by molar-refractivity contribution is 6.33. The summed E-state index contributed by atoms with van der Waals surface area (Å²) in [7, 11) is 3.85. The fraction of sp³-hybridized carbons (Fsp3) is 0.533. The monoisotopic (exact) mass is 293 g/mol. The molecule has 0 bridgehead atoms. The van der Waals surface area contributed by atoms with Crippen molar-refractivity contribution in [2.75, 3.05) is 24.3 Å². The minimum atomic E-state index is -0.303. The number of benzene rings is 1. The molecular weight excluding hydrogens is 274 g/mol. The second-order valence-electron chi connectivity index (χ2n) is 5.79. The van der Waals surface area contributed by atoms with Gasteiger partial charge in [-0.25, -0.2) is 0 Å². The maximum absolute atomic E-state index is 11.9. The van der Waals surface area contributed by atoms with Crippen molar-refractivity contribution in [1.82, 2.24) is 5.32 Å². The first kappa shape index (κ1) is 13.7. The predicted molar refractivity (Wildman–Crippen MR) is 82.5 cm³/mol. The standard InChI is InChI=1S/C15H20ClN3O/c1-8(9-4-5-9)19(3)13-7-12-10(6-11(13)16)14(17-2)15(20)18-12/h6-9,14,17H,4-5H2,1-3H3,(H,18,20). The van der Waals surface area contributed by atoms with Gasteiger partial charge in [0.05, 0.1) is 10.7 Å². The molecule has 4 nitrogen and oxygen atoms in total. The Balaban J connectivity index is 1.94. The van der Waals surface area contributed by atoms with Crippen LogP contribution in [-0.2, 0) is 4.79 Å². The van der Waals surface area contributed by atoms with Gasteiger partial charge in [-0.2, -0.15) is 0 Å². The van der Waals surface area contributed by atoms with Gasteiger partial charge in [0.2, 0.25) is 5.91 Å². The molecule has 0 saturated heterocycles. The summed E-state index contributed by atoms with van der Waals surface area (Å²) in [5, 5.41) is 6.63. The van der Waals surface area contributed by atoms with E-state index in [2.05, 4.69) is 29.5 Å². The lowest BCUT2D eigenvalue weighted by Crippen LogP contribution is -2.30. The molecule has 1 aromatic carbocycles. The van der Waals surface area contributed by atoms with Crippen molar-refractivity contribution in [3.63, 3.8) is 0 Å². The summed E-state index contributed by atoms with van der Waals surface area (Å²) in [6.07, 6.45) is 2.60. The van der Waals surface area contributed by atoms with E-state index in [0.717, 1.165) is 22.9 Å². The van der Waals surface area contributed by atoms with Gasteiger partial charge in [0.15, 0.2) is 0 Å². The molecule has 1 heterocycles. The van der Waals surface area contributed by atoms with Crippen LogP contribution in [0.1, 0.15) is 31.4 Å². The predicted octanol–water partition coefficient (Wildman–Crippen LogP) is 2.79. The molecule has 2 atom stereocenters. The highest BCUT2D eigenvalue weighted by Gasteiger charge is 2.34. The van der Waals surface area contributed by atoms with E-state index < -0.39 is 0 Å². The summed E-state index contributed by atoms with van der Waals surface area (Å²) in [6, 6.07) is 4.07. The van der Waals surface area contributed by atoms with Gasteiger partial charge in [0.25, 0.3) is 0 Å². The normalized spacial score (nSPS) is 22.4. The maximum Gasteiger partial charge on any atom is 0.246 e. The third-order valence-corrected chi connectivity index (χ3v) is 4.84. The first-order valence-electron chi connectivity index (χ1n) is 7.07. The molecule has 2 N–H and O–H groups in total. The zero-order valence-electron chi connectivity index (χ0n) is 12.0. The van der Waals surface area contributed by atoms with Crippen LogP contribution in [0.25, 0.3) is 0 Å². The molecule has 20 heavy (non-hydrogen) atoms. The van der Waals surface area contributed by atoms with Crippen LogP contribution in [0, 0.1) is 5.92 Å². The molecule has 0 radical (unpaired) electrons. The Bertz CT molecular complexity index is 556. The van der Waals surface area contributed by atoms with Crippen molar-refractivity contribution in [2.45, 2.75) is 31.8 Å². The topological polar surface area (TPSA) is 44.4 Å². The van der Waals surface area contributed by atoms with E-state index in [4.69, 9.17) is 11.6 Å². The quantitative estimate of drug-likeness (QED) is 0.897. The number of rotatable bonds is 4. The summed E-state index contributed by atoms with van der Waals surface area (Å²) in [6.45, 7) is 2.23. The number of carbonyl (C=O) groups excluding carboxylic acids is 1. The van der Waals surface area contributed by atoms with E-state index in [-0.39, 0.29) is 11.9 Å². The molecule has 2 unspecified atom stereocenters. The van der Waals surface area contributed by atoms with Crippen LogP contribution in [-0.4, -0.2) is 26.0 Å². The highest BCUT2D eigenvalue weighted by atomic mass is 35.5. The molecule has 1 fully saturated rings. The van der Waals surface area contributed by atoms with Crippen LogP contribution in [0.4, 0.5) is 11.4 Å². The lowest BCUT2D eigenvalue weighted by atomic mass is 10.1. The van der Waals surface area contributed by atoms with Crippen LogP contribution in [0.5, 0.6) is 0 Å². The number of nitrogens with zero attached hydrogens (tertiary/aromatic N) is 1. The van der Waals surface area contributed by atoms with Gasteiger partial charge >= 0.3 is 0 Å². The van der Waals surface area contributed by atoms with Gasteiger partial charge in [-0.1, -0.05) is 11.6 Å². The number of fused-ring (bicyclic) bond motifs is 1. The molecule has 1 saturated carbocycles. The Hall–Kier alpha value is -1.26. The van der Waals surface area contributed by atoms with Gasteiger partial charge in [-0.05, 0) is 44.9 Å². The molecule has 1 aromatic rings. The molecule has 0 aromatic heterocycles. The van der Waals surface area contributed by atoms with Crippen LogP contribution in [0.2, 0.25) is 5.02 Å². The van der Waals surface area contributed by atoms with E-state index >= 15 is 0 Å². The molecule has 1 aliphatic heterocycles. The van der Waals surface area contributed by atoms with Gasteiger partial charge < -0.3 is 15.5 Å². The molecule has 1 aliphatic carbocycles. The average molecular weight is 294 g/mol. The van der Waals surface area contributed by atoms with Crippen molar-refractivity contribution >= 4 is 28.9 Å². The molecule has 1 amide bonds. The van der Waals surface area contributed by atoms with Gasteiger partial charge in [0, 0.05) is 24.3 Å². The fourth-order valence-corrected chi connectivity index (χ4v) is 3.25. The highest BCUT2D eigenvalue weighted by Crippen LogP contribution is 2.42. The van der Waals surface area contributed by atoms with Crippen molar-refractivity contribution in [3.8, 4) is 0 Å². The summed E-state index contributed by atoms with van der Waals surface area (Å²) in [5.41, 5.74) is 2.78. The van der Waals surface area contributed by atoms with E-state index in [9.17, 15) is 4.79 Å². The third-order valence-electron chi connectivity index (χ3n) is 4.53. The number of hydrogen-bond donors (Lipinski definition) is 2. The first-order chi connectivity index (χ1) is 9.52. The van der Waals surface area contributed by atoms with Crippen LogP contribution in [0.15, 0.2) is 12.1 Å². The fourth-order valence-electron chi connectivity index (χ4n) is 2.94. The van der Waals surface area contributed by atoms with Gasteiger partial charge in [-0.3, -0.25) is 4.79 Å². The second kappa shape index (κ2) is 4.93. The number of hydrogen-bond acceptors (Lipinski definition) is 3. The third kappa shape index (κ3) is 2.17. The Kier molecular flexibility index (Phi) is 3.38. The van der Waals surface area contributed by atoms with E-state index in [1.165, 1.54) is 12.8 Å². The molecule has 3 rings (SSSR count). The number of anilines is 2. The second-order valence-corrected chi connectivity index (χ2v) is 6.20. The van der Waals surface area contributed by atoms with Crippen molar-refractivity contribution in [3.05, 3.63) is 22.7 Å². The summed E-state index contributed by atoms with van der Waals surface area (Å²) in [4.78, 5) is 14.1. The average Bonchev–Trinajstić information content (AvgIpc) is 3.21. The van der Waals surface area contributed by atoms with E-state index in [1.54, 1.807) is 7.05 Å². The molecule has 2 aliphatic rings. The molecule has 5 heteroatoms. The number of likely N-dealkylation sites (N-methyl/N-ethyl adjacent to an activating group) is 1. The molecule has 0 spiro atoms. The minimum absolute atomic E-state index is 0.0198. The minimum Gasteiger partial charge on any atom is -0.370 e. The Morgan fingerprint density at radius 3 is 2.75 bits per heavy atom. The van der Waals surface area contributed by atoms with Crippen LogP contribution >= 0.6 is 11.6 Å². The lowest BCUT2D eigenvalue weighted by Gasteiger charge is -2.28. The van der Waals surface area contributed by atoms with Gasteiger partial charge in [0.1, 0.15) is 6.04 Å². The largest absolute Gasteiger partial charge is 0.370 e. The molecule has 108 valence electrons. The lowest BCUT2D eigenvalue weighted by molar-refractivity contribution is -0.117. The van der Waals surface area contributed by atoms with E-state index in [0.29, 0.717) is 11.1 Å². The van der Waals surface area contributed by atoms with E-state index in [1.807, 2.05) is 12.1 Å². The summed E-state index contributed by atoms with van der Waals surface area (Å²) in [5.74, 6) is 0.748.